The number of anilines is 1. The summed E-state index contributed by atoms with van der Waals surface area (Å²) in [4.78, 5) is 0. The number of halogens is 1. The smallest absolute Gasteiger partial charge is 0.141 e. The molecule has 4 heteroatoms. The first-order chi connectivity index (χ1) is 7.18. The molecule has 0 bridgehead atoms. The number of hydrogen-bond donors (Lipinski definition) is 3. The third-order valence-electron chi connectivity index (χ3n) is 2.65. The van der Waals surface area contributed by atoms with Gasteiger partial charge in [-0.1, -0.05) is 6.07 Å². The van der Waals surface area contributed by atoms with Crippen LogP contribution in [0.1, 0.15) is 6.42 Å². The van der Waals surface area contributed by atoms with Crippen molar-refractivity contribution in [2.24, 2.45) is 0 Å². The molecule has 1 aromatic carbocycles. The first-order valence-electron chi connectivity index (χ1n) is 5.11. The highest BCUT2D eigenvalue weighted by Crippen LogP contribution is 2.22. The van der Waals surface area contributed by atoms with Gasteiger partial charge in [0.25, 0.3) is 0 Å². The summed E-state index contributed by atoms with van der Waals surface area (Å²) in [5, 5.41) is 15.2. The third-order valence-corrected chi connectivity index (χ3v) is 2.65. The number of benzene rings is 1. The second kappa shape index (κ2) is 4.06. The predicted octanol–water partition coefficient (Wildman–Crippen LogP) is 1.51. The van der Waals surface area contributed by atoms with Gasteiger partial charge in [0.2, 0.25) is 0 Å². The average Bonchev–Trinajstić information content (AvgIpc) is 2.63. The van der Waals surface area contributed by atoms with Crippen LogP contribution in [0.3, 0.4) is 0 Å². The van der Waals surface area contributed by atoms with Gasteiger partial charge < -0.3 is 15.7 Å². The van der Waals surface area contributed by atoms with Crippen molar-refractivity contribution in [2.45, 2.75) is 12.1 Å². The van der Waals surface area contributed by atoms with Crippen molar-refractivity contribution in [1.82, 2.24) is 5.32 Å². The molecule has 0 amide bonds. The average molecular weight is 210 g/mol. The molecule has 82 valence electrons. The molecule has 0 saturated carbocycles. The Labute approximate surface area is 88.3 Å². The van der Waals surface area contributed by atoms with E-state index < -0.39 is 5.67 Å². The zero-order valence-electron chi connectivity index (χ0n) is 8.46. The van der Waals surface area contributed by atoms with Gasteiger partial charge in [-0.25, -0.2) is 4.39 Å². The summed E-state index contributed by atoms with van der Waals surface area (Å²) in [5.41, 5.74) is -0.412. The van der Waals surface area contributed by atoms with Gasteiger partial charge in [-0.05, 0) is 25.1 Å². The van der Waals surface area contributed by atoms with Crippen molar-refractivity contribution in [1.29, 1.82) is 0 Å². The summed E-state index contributed by atoms with van der Waals surface area (Å²) in [6, 6.07) is 6.72. The molecule has 1 aromatic rings. The summed E-state index contributed by atoms with van der Waals surface area (Å²) in [5.74, 6) is 0.192. The van der Waals surface area contributed by atoms with Crippen molar-refractivity contribution < 1.29 is 9.50 Å². The first kappa shape index (κ1) is 10.2. The van der Waals surface area contributed by atoms with Crippen LogP contribution in [0, 0.1) is 0 Å². The molecule has 0 aromatic heterocycles. The molecule has 15 heavy (non-hydrogen) atoms. The maximum absolute atomic E-state index is 13.9. The lowest BCUT2D eigenvalue weighted by Crippen LogP contribution is -2.34. The minimum atomic E-state index is -1.16. The molecule has 0 spiro atoms. The Bertz CT molecular complexity index is 337. The van der Waals surface area contributed by atoms with Gasteiger partial charge >= 0.3 is 0 Å². The Balaban J connectivity index is 1.92. The van der Waals surface area contributed by atoms with E-state index in [1.165, 1.54) is 0 Å². The minimum Gasteiger partial charge on any atom is -0.508 e. The molecule has 3 nitrogen and oxygen atoms in total. The van der Waals surface area contributed by atoms with Crippen LogP contribution in [0.4, 0.5) is 10.1 Å². The Morgan fingerprint density at radius 2 is 2.40 bits per heavy atom. The van der Waals surface area contributed by atoms with Crippen molar-refractivity contribution >= 4 is 5.69 Å². The summed E-state index contributed by atoms with van der Waals surface area (Å²) >= 11 is 0. The Kier molecular flexibility index (Phi) is 2.77. The van der Waals surface area contributed by atoms with E-state index in [0.29, 0.717) is 13.0 Å². The van der Waals surface area contributed by atoms with Gasteiger partial charge in [0.15, 0.2) is 0 Å². The van der Waals surface area contributed by atoms with E-state index in [1.807, 2.05) is 6.07 Å². The maximum Gasteiger partial charge on any atom is 0.141 e. The van der Waals surface area contributed by atoms with E-state index in [1.54, 1.807) is 18.2 Å². The molecule has 1 heterocycles. The molecule has 1 atom stereocenters. The number of rotatable bonds is 3. The van der Waals surface area contributed by atoms with E-state index >= 15 is 0 Å². The van der Waals surface area contributed by atoms with Crippen molar-refractivity contribution in [3.8, 4) is 5.75 Å². The molecule has 0 aliphatic carbocycles. The van der Waals surface area contributed by atoms with Gasteiger partial charge in [-0.15, -0.1) is 0 Å². The second-order valence-electron chi connectivity index (χ2n) is 3.98. The molecule has 2 rings (SSSR count). The second-order valence-corrected chi connectivity index (χ2v) is 3.98. The van der Waals surface area contributed by atoms with Crippen molar-refractivity contribution in [2.75, 3.05) is 25.0 Å². The number of nitrogens with one attached hydrogen (secondary N) is 2. The van der Waals surface area contributed by atoms with Gasteiger partial charge in [0.1, 0.15) is 11.4 Å². The molecule has 0 radical (unpaired) electrons. The van der Waals surface area contributed by atoms with Crippen LogP contribution in [0.5, 0.6) is 5.75 Å². The highest BCUT2D eigenvalue weighted by molar-refractivity contribution is 5.47. The molecule has 1 fully saturated rings. The molecular weight excluding hydrogens is 195 g/mol. The molecule has 1 saturated heterocycles. The zero-order valence-corrected chi connectivity index (χ0v) is 8.46. The maximum atomic E-state index is 13.9. The van der Waals surface area contributed by atoms with E-state index in [9.17, 15) is 9.50 Å². The van der Waals surface area contributed by atoms with Gasteiger partial charge in [-0.2, -0.15) is 0 Å². The summed E-state index contributed by atoms with van der Waals surface area (Å²) in [6.45, 7) is 1.42. The normalized spacial score (nSPS) is 25.4. The molecular formula is C11H15FN2O. The zero-order chi connectivity index (χ0) is 10.7. The van der Waals surface area contributed by atoms with E-state index in [-0.39, 0.29) is 12.3 Å². The number of phenolic OH excluding ortho intramolecular Hbond substituents is 1. The number of aromatic hydroxyl groups is 1. The summed E-state index contributed by atoms with van der Waals surface area (Å²) < 4.78 is 13.9. The van der Waals surface area contributed by atoms with E-state index in [2.05, 4.69) is 10.6 Å². The standard InChI is InChI=1S/C11H15FN2O/c12-11(4-5-13-7-11)8-14-9-2-1-3-10(15)6-9/h1-3,6,13-15H,4-5,7-8H2. The third kappa shape index (κ3) is 2.59. The molecule has 1 unspecified atom stereocenters. The van der Waals surface area contributed by atoms with Crippen LogP contribution in [0.15, 0.2) is 24.3 Å². The van der Waals surface area contributed by atoms with Crippen LogP contribution < -0.4 is 10.6 Å². The van der Waals surface area contributed by atoms with Gasteiger partial charge in [0, 0.05) is 18.3 Å². The van der Waals surface area contributed by atoms with Crippen LogP contribution >= 0.6 is 0 Å². The van der Waals surface area contributed by atoms with Crippen molar-refractivity contribution in [3.05, 3.63) is 24.3 Å². The Morgan fingerprint density at radius 3 is 3.07 bits per heavy atom. The topological polar surface area (TPSA) is 44.3 Å². The monoisotopic (exact) mass is 210 g/mol. The number of alkyl halides is 1. The molecule has 1 aliphatic rings. The fourth-order valence-corrected chi connectivity index (χ4v) is 1.74. The lowest BCUT2D eigenvalue weighted by molar-refractivity contribution is 0.208. The summed E-state index contributed by atoms with van der Waals surface area (Å²) in [6.07, 6.45) is 0.540. The van der Waals surface area contributed by atoms with Crippen LogP contribution in [-0.2, 0) is 0 Å². The van der Waals surface area contributed by atoms with Gasteiger partial charge in [0.05, 0.1) is 6.54 Å². The SMILES string of the molecule is Oc1cccc(NCC2(F)CCNC2)c1. The van der Waals surface area contributed by atoms with Crippen LogP contribution in [-0.4, -0.2) is 30.4 Å². The molecule has 3 N–H and O–H groups in total. The fourth-order valence-electron chi connectivity index (χ4n) is 1.74. The first-order valence-corrected chi connectivity index (χ1v) is 5.11. The quantitative estimate of drug-likeness (QED) is 0.708. The Morgan fingerprint density at radius 1 is 1.53 bits per heavy atom. The fraction of sp³-hybridized carbons (Fsp3) is 0.455. The van der Waals surface area contributed by atoms with Crippen molar-refractivity contribution in [3.63, 3.8) is 0 Å². The van der Waals surface area contributed by atoms with E-state index in [0.717, 1.165) is 12.2 Å². The lowest BCUT2D eigenvalue weighted by atomic mass is 10.1. The van der Waals surface area contributed by atoms with E-state index in [4.69, 9.17) is 0 Å². The summed E-state index contributed by atoms with van der Waals surface area (Å²) in [7, 11) is 0. The van der Waals surface area contributed by atoms with Crippen LogP contribution in [0.25, 0.3) is 0 Å². The van der Waals surface area contributed by atoms with Crippen LogP contribution in [0.2, 0.25) is 0 Å². The lowest BCUT2D eigenvalue weighted by Gasteiger charge is -2.19. The predicted molar refractivity (Wildman–Crippen MR) is 57.9 cm³/mol. The Hall–Kier alpha value is -1.29. The largest absolute Gasteiger partial charge is 0.508 e. The molecule has 1 aliphatic heterocycles. The number of phenols is 1. The minimum absolute atomic E-state index is 0.192. The highest BCUT2D eigenvalue weighted by Gasteiger charge is 2.33. The number of hydrogen-bond acceptors (Lipinski definition) is 3. The van der Waals surface area contributed by atoms with Gasteiger partial charge in [-0.3, -0.25) is 0 Å². The highest BCUT2D eigenvalue weighted by atomic mass is 19.1.